The number of fused-ring (bicyclic) bond motifs is 1. The number of thioether (sulfide) groups is 1. The third-order valence-corrected chi connectivity index (χ3v) is 4.54. The maximum absolute atomic E-state index is 12.2. The van der Waals surface area contributed by atoms with E-state index in [0.717, 1.165) is 15.8 Å². The molecule has 0 aliphatic carbocycles. The minimum Gasteiger partial charge on any atom is -0.354 e. The molecule has 3 rings (SSSR count). The van der Waals surface area contributed by atoms with Crippen LogP contribution < -0.4 is 10.6 Å². The molecule has 3 aromatic rings. The number of benzene rings is 2. The highest BCUT2D eigenvalue weighted by molar-refractivity contribution is 8.00. The van der Waals surface area contributed by atoms with Crippen LogP contribution in [0.5, 0.6) is 0 Å². The fourth-order valence-electron chi connectivity index (χ4n) is 2.31. The van der Waals surface area contributed by atoms with Gasteiger partial charge in [-0.3, -0.25) is 14.7 Å². The van der Waals surface area contributed by atoms with Gasteiger partial charge in [-0.15, -0.1) is 11.8 Å². The van der Waals surface area contributed by atoms with E-state index in [-0.39, 0.29) is 11.8 Å². The van der Waals surface area contributed by atoms with Crippen LogP contribution in [0.1, 0.15) is 10.5 Å². The molecule has 1 heterocycles. The first-order chi connectivity index (χ1) is 12.2. The zero-order valence-electron chi connectivity index (χ0n) is 13.5. The van der Waals surface area contributed by atoms with Crippen LogP contribution in [-0.2, 0) is 4.79 Å². The van der Waals surface area contributed by atoms with Crippen LogP contribution in [0.25, 0.3) is 10.9 Å². The average Bonchev–Trinajstić information content (AvgIpc) is 3.08. The summed E-state index contributed by atoms with van der Waals surface area (Å²) >= 11 is 1.48. The third kappa shape index (κ3) is 4.60. The van der Waals surface area contributed by atoms with Gasteiger partial charge in [0.25, 0.3) is 5.91 Å². The zero-order chi connectivity index (χ0) is 17.5. The third-order valence-electron chi connectivity index (χ3n) is 3.53. The molecule has 2 amide bonds. The van der Waals surface area contributed by atoms with Crippen molar-refractivity contribution in [3.8, 4) is 0 Å². The lowest BCUT2D eigenvalue weighted by atomic mass is 10.2. The number of rotatable bonds is 7. The summed E-state index contributed by atoms with van der Waals surface area (Å²) in [5, 5.41) is 13.2. The van der Waals surface area contributed by atoms with Crippen LogP contribution >= 0.6 is 11.8 Å². The Morgan fingerprint density at radius 1 is 0.960 bits per heavy atom. The first-order valence-corrected chi connectivity index (χ1v) is 8.88. The van der Waals surface area contributed by atoms with Crippen molar-refractivity contribution in [1.82, 2.24) is 20.8 Å². The molecule has 0 atom stereocenters. The van der Waals surface area contributed by atoms with Gasteiger partial charge >= 0.3 is 0 Å². The van der Waals surface area contributed by atoms with Crippen LogP contribution in [0, 0.1) is 0 Å². The largest absolute Gasteiger partial charge is 0.354 e. The molecule has 3 N–H and O–H groups in total. The van der Waals surface area contributed by atoms with Gasteiger partial charge in [0.2, 0.25) is 5.91 Å². The van der Waals surface area contributed by atoms with Crippen molar-refractivity contribution in [1.29, 1.82) is 0 Å². The number of aromatic nitrogens is 2. The number of H-pyrrole nitrogens is 1. The zero-order valence-corrected chi connectivity index (χ0v) is 14.3. The van der Waals surface area contributed by atoms with Gasteiger partial charge in [-0.1, -0.05) is 36.4 Å². The second-order valence-corrected chi connectivity index (χ2v) is 6.37. The number of para-hydroxylation sites is 1. The van der Waals surface area contributed by atoms with E-state index >= 15 is 0 Å². The minimum absolute atomic E-state index is 0.0617. The van der Waals surface area contributed by atoms with E-state index in [9.17, 15) is 9.59 Å². The van der Waals surface area contributed by atoms with E-state index < -0.39 is 0 Å². The summed E-state index contributed by atoms with van der Waals surface area (Å²) in [5.41, 5.74) is 1.18. The molecule has 2 aromatic carbocycles. The number of carbonyl (C=O) groups is 2. The highest BCUT2D eigenvalue weighted by Gasteiger charge is 2.13. The summed E-state index contributed by atoms with van der Waals surface area (Å²) in [6.45, 7) is 0.726. The number of nitrogens with one attached hydrogen (secondary N) is 3. The SMILES string of the molecule is O=C(CSc1ccccc1)NCCNC(=O)c1n[nH]c2ccccc12. The standard InChI is InChI=1S/C18H18N4O2S/c23-16(12-25-13-6-2-1-3-7-13)19-10-11-20-18(24)17-14-8-4-5-9-15(14)21-22-17/h1-9H,10-12H2,(H,19,23)(H,20,24)(H,21,22). The van der Waals surface area contributed by atoms with Crippen LogP contribution in [0.4, 0.5) is 0 Å². The van der Waals surface area contributed by atoms with Crippen molar-refractivity contribution >= 4 is 34.5 Å². The van der Waals surface area contributed by atoms with Gasteiger partial charge in [-0.05, 0) is 18.2 Å². The Kier molecular flexibility index (Phi) is 5.69. The lowest BCUT2D eigenvalue weighted by Crippen LogP contribution is -2.35. The average molecular weight is 354 g/mol. The summed E-state index contributed by atoms with van der Waals surface area (Å²) in [5.74, 6) is 0.0285. The number of hydrogen-bond donors (Lipinski definition) is 3. The monoisotopic (exact) mass is 354 g/mol. The van der Waals surface area contributed by atoms with E-state index in [0.29, 0.717) is 24.5 Å². The molecule has 0 aliphatic heterocycles. The highest BCUT2D eigenvalue weighted by Crippen LogP contribution is 2.16. The van der Waals surface area contributed by atoms with Crippen molar-refractivity contribution in [2.24, 2.45) is 0 Å². The van der Waals surface area contributed by atoms with Crippen molar-refractivity contribution in [3.63, 3.8) is 0 Å². The fourth-order valence-corrected chi connectivity index (χ4v) is 3.06. The van der Waals surface area contributed by atoms with Gasteiger partial charge in [-0.2, -0.15) is 5.10 Å². The Labute approximate surface area is 149 Å². The number of amides is 2. The molecule has 0 aliphatic rings. The first-order valence-electron chi connectivity index (χ1n) is 7.90. The van der Waals surface area contributed by atoms with E-state index in [1.807, 2.05) is 54.6 Å². The van der Waals surface area contributed by atoms with Crippen LogP contribution in [-0.4, -0.2) is 40.9 Å². The fraction of sp³-hybridized carbons (Fsp3) is 0.167. The molecule has 25 heavy (non-hydrogen) atoms. The quantitative estimate of drug-likeness (QED) is 0.448. The molecule has 0 unspecified atom stereocenters. The van der Waals surface area contributed by atoms with Gasteiger partial charge in [0.15, 0.2) is 5.69 Å². The van der Waals surface area contributed by atoms with E-state index in [1.54, 1.807) is 0 Å². The van der Waals surface area contributed by atoms with Crippen LogP contribution in [0.15, 0.2) is 59.5 Å². The molecule has 0 radical (unpaired) electrons. The first kappa shape index (κ1) is 17.0. The minimum atomic E-state index is -0.259. The molecule has 0 saturated carbocycles. The topological polar surface area (TPSA) is 86.9 Å². The van der Waals surface area contributed by atoms with Gasteiger partial charge in [0.1, 0.15) is 0 Å². The Bertz CT molecular complexity index is 864. The normalized spacial score (nSPS) is 10.6. The van der Waals surface area contributed by atoms with Gasteiger partial charge < -0.3 is 10.6 Å². The number of aromatic amines is 1. The summed E-state index contributed by atoms with van der Waals surface area (Å²) in [7, 11) is 0. The van der Waals surface area contributed by atoms with Crippen LogP contribution in [0.2, 0.25) is 0 Å². The Morgan fingerprint density at radius 3 is 2.52 bits per heavy atom. The summed E-state index contributed by atoms with van der Waals surface area (Å²) in [6, 6.07) is 17.2. The molecule has 0 bridgehead atoms. The predicted molar refractivity (Wildman–Crippen MR) is 98.6 cm³/mol. The van der Waals surface area contributed by atoms with Crippen molar-refractivity contribution in [2.75, 3.05) is 18.8 Å². The smallest absolute Gasteiger partial charge is 0.272 e. The van der Waals surface area contributed by atoms with Crippen molar-refractivity contribution in [3.05, 3.63) is 60.3 Å². The van der Waals surface area contributed by atoms with Crippen molar-refractivity contribution in [2.45, 2.75) is 4.90 Å². The number of hydrogen-bond acceptors (Lipinski definition) is 4. The Hall–Kier alpha value is -2.80. The molecule has 0 saturated heterocycles. The van der Waals surface area contributed by atoms with Gasteiger partial charge in [-0.25, -0.2) is 0 Å². The molecule has 128 valence electrons. The number of carbonyl (C=O) groups excluding carboxylic acids is 2. The van der Waals surface area contributed by atoms with E-state index in [2.05, 4.69) is 20.8 Å². The molecular weight excluding hydrogens is 336 g/mol. The maximum atomic E-state index is 12.2. The lowest BCUT2D eigenvalue weighted by molar-refractivity contribution is -0.118. The van der Waals surface area contributed by atoms with Gasteiger partial charge in [0.05, 0.1) is 11.3 Å². The number of nitrogens with zero attached hydrogens (tertiary/aromatic N) is 1. The maximum Gasteiger partial charge on any atom is 0.272 e. The second kappa shape index (κ2) is 8.34. The lowest BCUT2D eigenvalue weighted by Gasteiger charge is -2.06. The molecule has 7 heteroatoms. The van der Waals surface area contributed by atoms with Crippen LogP contribution in [0.3, 0.4) is 0 Å². The summed E-state index contributed by atoms with van der Waals surface area (Å²) < 4.78 is 0. The molecule has 6 nitrogen and oxygen atoms in total. The molecule has 0 fully saturated rings. The van der Waals surface area contributed by atoms with Gasteiger partial charge in [0, 0.05) is 23.4 Å². The predicted octanol–water partition coefficient (Wildman–Crippen LogP) is 2.20. The highest BCUT2D eigenvalue weighted by atomic mass is 32.2. The van der Waals surface area contributed by atoms with E-state index in [4.69, 9.17) is 0 Å². The Balaban J connectivity index is 1.39. The summed E-state index contributed by atoms with van der Waals surface area (Å²) in [4.78, 5) is 25.0. The van der Waals surface area contributed by atoms with Crippen molar-refractivity contribution < 1.29 is 9.59 Å². The molecular formula is C18H18N4O2S. The molecule has 1 aromatic heterocycles. The Morgan fingerprint density at radius 2 is 1.68 bits per heavy atom. The molecule has 0 spiro atoms. The second-order valence-electron chi connectivity index (χ2n) is 5.33. The summed E-state index contributed by atoms with van der Waals surface area (Å²) in [6.07, 6.45) is 0. The van der Waals surface area contributed by atoms with E-state index in [1.165, 1.54) is 11.8 Å².